The number of aromatic nitrogens is 1. The van der Waals surface area contributed by atoms with Gasteiger partial charge < -0.3 is 19.7 Å². The number of carbonyl (C=O) groups is 1. The summed E-state index contributed by atoms with van der Waals surface area (Å²) >= 11 is 0. The minimum absolute atomic E-state index is 0.285. The van der Waals surface area contributed by atoms with Gasteiger partial charge in [0.1, 0.15) is 11.6 Å². The third kappa shape index (κ3) is 4.66. The standard InChI is InChI=1S/C23H25FN2O3/c1-15-21(13-25-12-17-6-4-8-19(24)10-17)22(23(27)28)16(2)26(15)14-18-7-5-9-20(11-18)29-3/h4-11,25H,12-14H2,1-3H3,(H,27,28). The molecule has 2 N–H and O–H groups in total. The normalized spacial score (nSPS) is 10.9. The number of carboxylic acid groups (broad SMARTS) is 1. The van der Waals surface area contributed by atoms with Crippen molar-refractivity contribution in [2.24, 2.45) is 0 Å². The van der Waals surface area contributed by atoms with E-state index in [4.69, 9.17) is 4.74 Å². The van der Waals surface area contributed by atoms with Crippen LogP contribution in [0, 0.1) is 19.7 Å². The number of aromatic carboxylic acids is 1. The highest BCUT2D eigenvalue weighted by Crippen LogP contribution is 2.25. The molecule has 0 saturated heterocycles. The largest absolute Gasteiger partial charge is 0.497 e. The lowest BCUT2D eigenvalue weighted by molar-refractivity contribution is 0.0694. The Kier molecular flexibility index (Phi) is 6.34. The molecule has 3 rings (SSSR count). The Labute approximate surface area is 169 Å². The second-order valence-electron chi connectivity index (χ2n) is 7.00. The van der Waals surface area contributed by atoms with Gasteiger partial charge in [-0.2, -0.15) is 0 Å². The molecule has 6 heteroatoms. The quantitative estimate of drug-likeness (QED) is 0.596. The van der Waals surface area contributed by atoms with Crippen LogP contribution in [0.3, 0.4) is 0 Å². The first-order valence-electron chi connectivity index (χ1n) is 9.40. The molecule has 5 nitrogen and oxygen atoms in total. The Balaban J connectivity index is 1.84. The summed E-state index contributed by atoms with van der Waals surface area (Å²) in [4.78, 5) is 11.9. The highest BCUT2D eigenvalue weighted by atomic mass is 19.1. The van der Waals surface area contributed by atoms with Crippen molar-refractivity contribution in [1.29, 1.82) is 0 Å². The fourth-order valence-electron chi connectivity index (χ4n) is 3.62. The maximum atomic E-state index is 13.4. The highest BCUT2D eigenvalue weighted by Gasteiger charge is 2.22. The number of carboxylic acids is 1. The zero-order chi connectivity index (χ0) is 21.0. The van der Waals surface area contributed by atoms with E-state index in [9.17, 15) is 14.3 Å². The first-order valence-corrected chi connectivity index (χ1v) is 9.40. The molecule has 0 aliphatic carbocycles. The third-order valence-corrected chi connectivity index (χ3v) is 5.12. The molecule has 0 unspecified atom stereocenters. The SMILES string of the molecule is COc1cccc(Cn2c(C)c(CNCc3cccc(F)c3)c(C(=O)O)c2C)c1. The molecular weight excluding hydrogens is 371 g/mol. The Morgan fingerprint density at radius 2 is 1.79 bits per heavy atom. The van der Waals surface area contributed by atoms with Gasteiger partial charge in [-0.25, -0.2) is 9.18 Å². The second-order valence-corrected chi connectivity index (χ2v) is 7.00. The van der Waals surface area contributed by atoms with E-state index >= 15 is 0 Å². The van der Waals surface area contributed by atoms with Crippen LogP contribution in [0.5, 0.6) is 5.75 Å². The number of hydrogen-bond donors (Lipinski definition) is 2. The fourth-order valence-corrected chi connectivity index (χ4v) is 3.62. The monoisotopic (exact) mass is 396 g/mol. The van der Waals surface area contributed by atoms with Crippen molar-refractivity contribution in [1.82, 2.24) is 9.88 Å². The molecule has 0 spiro atoms. The molecule has 0 fully saturated rings. The molecule has 0 radical (unpaired) electrons. The van der Waals surface area contributed by atoms with Crippen LogP contribution in [0.15, 0.2) is 48.5 Å². The third-order valence-electron chi connectivity index (χ3n) is 5.12. The zero-order valence-electron chi connectivity index (χ0n) is 16.8. The average molecular weight is 396 g/mol. The van der Waals surface area contributed by atoms with E-state index < -0.39 is 5.97 Å². The Bertz CT molecular complexity index is 1030. The Morgan fingerprint density at radius 1 is 1.07 bits per heavy atom. The number of methoxy groups -OCH3 is 1. The lowest BCUT2D eigenvalue weighted by Crippen LogP contribution is -2.15. The van der Waals surface area contributed by atoms with Gasteiger partial charge in [-0.15, -0.1) is 0 Å². The molecule has 0 saturated carbocycles. The first kappa shape index (κ1) is 20.6. The summed E-state index contributed by atoms with van der Waals surface area (Å²) < 4.78 is 20.6. The van der Waals surface area contributed by atoms with Crippen LogP contribution < -0.4 is 10.1 Å². The highest BCUT2D eigenvalue weighted by molar-refractivity contribution is 5.91. The van der Waals surface area contributed by atoms with Gasteiger partial charge in [0.25, 0.3) is 0 Å². The minimum atomic E-state index is -0.947. The summed E-state index contributed by atoms with van der Waals surface area (Å²) in [6.45, 7) is 5.15. The van der Waals surface area contributed by atoms with E-state index in [1.165, 1.54) is 12.1 Å². The lowest BCUT2D eigenvalue weighted by atomic mass is 10.1. The molecule has 1 heterocycles. The van der Waals surface area contributed by atoms with Crippen molar-refractivity contribution < 1.29 is 19.0 Å². The smallest absolute Gasteiger partial charge is 0.337 e. The first-order chi connectivity index (χ1) is 13.9. The number of hydrogen-bond acceptors (Lipinski definition) is 3. The molecule has 0 aliphatic heterocycles. The van der Waals surface area contributed by atoms with Crippen LogP contribution >= 0.6 is 0 Å². The van der Waals surface area contributed by atoms with Crippen molar-refractivity contribution >= 4 is 5.97 Å². The average Bonchev–Trinajstić information content (AvgIpc) is 2.93. The van der Waals surface area contributed by atoms with E-state index in [0.29, 0.717) is 30.9 Å². The molecule has 0 atom stereocenters. The summed E-state index contributed by atoms with van der Waals surface area (Å²) in [6, 6.07) is 14.1. The van der Waals surface area contributed by atoms with Crippen molar-refractivity contribution in [2.45, 2.75) is 33.5 Å². The van der Waals surface area contributed by atoms with Gasteiger partial charge in [0.2, 0.25) is 0 Å². The lowest BCUT2D eigenvalue weighted by Gasteiger charge is -2.11. The van der Waals surface area contributed by atoms with E-state index in [-0.39, 0.29) is 5.82 Å². The molecular formula is C23H25FN2O3. The van der Waals surface area contributed by atoms with E-state index in [1.807, 2.05) is 48.7 Å². The van der Waals surface area contributed by atoms with Crippen molar-refractivity contribution in [3.63, 3.8) is 0 Å². The van der Waals surface area contributed by atoms with Gasteiger partial charge in [0.05, 0.1) is 12.7 Å². The Morgan fingerprint density at radius 3 is 2.48 bits per heavy atom. The number of halogens is 1. The molecule has 2 aromatic carbocycles. The summed E-state index contributed by atoms with van der Waals surface area (Å²) in [7, 11) is 1.62. The van der Waals surface area contributed by atoms with E-state index in [1.54, 1.807) is 13.2 Å². The van der Waals surface area contributed by atoms with Crippen LogP contribution in [-0.4, -0.2) is 22.8 Å². The van der Waals surface area contributed by atoms with Gasteiger partial charge in [-0.1, -0.05) is 24.3 Å². The van der Waals surface area contributed by atoms with Crippen molar-refractivity contribution in [3.05, 3.63) is 88.0 Å². The predicted octanol–water partition coefficient (Wildman–Crippen LogP) is 4.29. The molecule has 1 aromatic heterocycles. The molecule has 0 amide bonds. The van der Waals surface area contributed by atoms with Crippen LogP contribution in [0.1, 0.15) is 38.4 Å². The summed E-state index contributed by atoms with van der Waals surface area (Å²) in [5, 5.41) is 13.0. The molecule has 152 valence electrons. The minimum Gasteiger partial charge on any atom is -0.497 e. The second kappa shape index (κ2) is 8.92. The van der Waals surface area contributed by atoms with Crippen LogP contribution in [0.4, 0.5) is 4.39 Å². The van der Waals surface area contributed by atoms with Gasteiger partial charge in [-0.05, 0) is 49.2 Å². The fraction of sp³-hybridized carbons (Fsp3) is 0.261. The van der Waals surface area contributed by atoms with Gasteiger partial charge >= 0.3 is 5.97 Å². The maximum absolute atomic E-state index is 13.4. The topological polar surface area (TPSA) is 63.5 Å². The number of rotatable bonds is 8. The van der Waals surface area contributed by atoms with Crippen LogP contribution in [-0.2, 0) is 19.6 Å². The summed E-state index contributed by atoms with van der Waals surface area (Å²) in [5.74, 6) is -0.468. The van der Waals surface area contributed by atoms with Crippen LogP contribution in [0.25, 0.3) is 0 Å². The maximum Gasteiger partial charge on any atom is 0.337 e. The van der Waals surface area contributed by atoms with Crippen molar-refractivity contribution in [3.8, 4) is 5.75 Å². The zero-order valence-corrected chi connectivity index (χ0v) is 16.8. The molecule has 29 heavy (non-hydrogen) atoms. The number of benzene rings is 2. The number of nitrogens with one attached hydrogen (secondary N) is 1. The summed E-state index contributed by atoms with van der Waals surface area (Å²) in [6.07, 6.45) is 0. The predicted molar refractivity (Wildman–Crippen MR) is 110 cm³/mol. The van der Waals surface area contributed by atoms with E-state index in [0.717, 1.165) is 28.1 Å². The molecule has 0 bridgehead atoms. The summed E-state index contributed by atoms with van der Waals surface area (Å²) in [5.41, 5.74) is 4.51. The Hall–Kier alpha value is -3.12. The van der Waals surface area contributed by atoms with Gasteiger partial charge in [0, 0.05) is 36.6 Å². The van der Waals surface area contributed by atoms with Crippen LogP contribution in [0.2, 0.25) is 0 Å². The van der Waals surface area contributed by atoms with Gasteiger partial charge in [0.15, 0.2) is 0 Å². The number of nitrogens with zero attached hydrogens (tertiary/aromatic N) is 1. The molecule has 3 aromatic rings. The number of ether oxygens (including phenoxy) is 1. The van der Waals surface area contributed by atoms with Crippen molar-refractivity contribution in [2.75, 3.05) is 7.11 Å². The van der Waals surface area contributed by atoms with Gasteiger partial charge in [-0.3, -0.25) is 0 Å². The van der Waals surface area contributed by atoms with E-state index in [2.05, 4.69) is 5.32 Å². The molecule has 0 aliphatic rings.